The second-order valence-corrected chi connectivity index (χ2v) is 10.2. The molecule has 0 aliphatic carbocycles. The Morgan fingerprint density at radius 3 is 2.55 bits per heavy atom. The van der Waals surface area contributed by atoms with E-state index in [1.54, 1.807) is 30.0 Å². The smallest absolute Gasteiger partial charge is 0.263 e. The molecule has 0 saturated carbocycles. The number of carbonyl (C=O) groups is 1. The summed E-state index contributed by atoms with van der Waals surface area (Å²) < 4.78 is 36.1. The fraction of sp³-hybridized carbons (Fsp3) is 0.381. The highest BCUT2D eigenvalue weighted by atomic mass is 79.9. The molecule has 0 aromatic heterocycles. The van der Waals surface area contributed by atoms with Crippen molar-refractivity contribution in [3.8, 4) is 11.5 Å². The van der Waals surface area contributed by atoms with Gasteiger partial charge in [0.1, 0.15) is 0 Å². The van der Waals surface area contributed by atoms with E-state index in [4.69, 9.17) is 9.47 Å². The molecule has 2 aromatic rings. The number of amides is 1. The molecule has 1 amide bonds. The molecule has 1 fully saturated rings. The van der Waals surface area contributed by atoms with Crippen molar-refractivity contribution in [2.75, 3.05) is 18.6 Å². The van der Waals surface area contributed by atoms with Crippen LogP contribution in [0.25, 0.3) is 0 Å². The third-order valence-electron chi connectivity index (χ3n) is 4.89. The summed E-state index contributed by atoms with van der Waals surface area (Å²) >= 11 is 3.44. The monoisotopic (exact) mass is 481 g/mol. The first kappa shape index (κ1) is 21.6. The maximum atomic E-state index is 13.3. The van der Waals surface area contributed by atoms with E-state index in [2.05, 4.69) is 15.9 Å². The van der Waals surface area contributed by atoms with Crippen LogP contribution in [-0.2, 0) is 21.2 Å². The maximum absolute atomic E-state index is 13.3. The number of hydrogen-bond acceptors (Lipinski definition) is 5. The molecular weight excluding hydrogens is 458 g/mol. The first-order chi connectivity index (χ1) is 13.8. The van der Waals surface area contributed by atoms with Gasteiger partial charge in [-0.2, -0.15) is 0 Å². The highest BCUT2D eigenvalue weighted by molar-refractivity contribution is 9.10. The Morgan fingerprint density at radius 1 is 1.21 bits per heavy atom. The Bertz CT molecular complexity index is 979. The van der Waals surface area contributed by atoms with Crippen LogP contribution in [0.5, 0.6) is 11.5 Å². The normalized spacial score (nSPS) is 18.8. The molecule has 0 spiro atoms. The molecule has 0 N–H and O–H groups in total. The van der Waals surface area contributed by atoms with Gasteiger partial charge in [0.15, 0.2) is 27.4 Å². The molecule has 3 rings (SSSR count). The zero-order chi connectivity index (χ0) is 21.0. The molecule has 2 atom stereocenters. The van der Waals surface area contributed by atoms with Crippen molar-refractivity contribution in [2.45, 2.75) is 32.0 Å². The average molecular weight is 482 g/mol. The van der Waals surface area contributed by atoms with Crippen LogP contribution in [0.3, 0.4) is 0 Å². The number of hydrogen-bond donors (Lipinski definition) is 0. The van der Waals surface area contributed by atoms with Gasteiger partial charge in [0.05, 0.1) is 18.6 Å². The van der Waals surface area contributed by atoms with Gasteiger partial charge in [-0.25, -0.2) is 8.42 Å². The summed E-state index contributed by atoms with van der Waals surface area (Å²) in [4.78, 5) is 14.9. The van der Waals surface area contributed by atoms with Crippen molar-refractivity contribution in [1.82, 2.24) is 4.90 Å². The van der Waals surface area contributed by atoms with Gasteiger partial charge in [-0.15, -0.1) is 0 Å². The van der Waals surface area contributed by atoms with E-state index in [0.29, 0.717) is 24.5 Å². The van der Waals surface area contributed by atoms with Crippen molar-refractivity contribution >= 4 is 31.7 Å². The minimum absolute atomic E-state index is 0.0197. The van der Waals surface area contributed by atoms with Crippen molar-refractivity contribution < 1.29 is 22.7 Å². The molecule has 1 saturated heterocycles. The predicted octanol–water partition coefficient (Wildman–Crippen LogP) is 3.44. The lowest BCUT2D eigenvalue weighted by atomic mass is 10.1. The molecule has 1 aliphatic heterocycles. The number of halogens is 1. The van der Waals surface area contributed by atoms with Crippen LogP contribution in [0.1, 0.15) is 18.9 Å². The van der Waals surface area contributed by atoms with E-state index in [9.17, 15) is 13.2 Å². The number of carbonyl (C=O) groups excluding carboxylic acids is 1. The van der Waals surface area contributed by atoms with E-state index in [1.165, 1.54) is 7.11 Å². The summed E-state index contributed by atoms with van der Waals surface area (Å²) in [6, 6.07) is 14.4. The first-order valence-corrected chi connectivity index (χ1v) is 12.0. The lowest BCUT2D eigenvalue weighted by Crippen LogP contribution is -2.46. The van der Waals surface area contributed by atoms with Crippen molar-refractivity contribution in [3.05, 3.63) is 58.6 Å². The summed E-state index contributed by atoms with van der Waals surface area (Å²) in [7, 11) is -1.59. The zero-order valence-electron chi connectivity index (χ0n) is 16.4. The third kappa shape index (κ3) is 5.51. The largest absolute Gasteiger partial charge is 0.493 e. The van der Waals surface area contributed by atoms with E-state index >= 15 is 0 Å². The molecule has 1 aliphatic rings. The highest BCUT2D eigenvalue weighted by Crippen LogP contribution is 2.28. The van der Waals surface area contributed by atoms with Crippen LogP contribution in [-0.4, -0.2) is 50.0 Å². The van der Waals surface area contributed by atoms with Crippen molar-refractivity contribution in [2.24, 2.45) is 0 Å². The Labute approximate surface area is 179 Å². The number of rotatable bonds is 7. The SMILES string of the molecule is COc1ccccc1OC(C)C(=O)N(Cc1cccc(Br)c1)C1CCS(=O)(=O)C1. The van der Waals surface area contributed by atoms with Gasteiger partial charge in [-0.1, -0.05) is 40.2 Å². The van der Waals surface area contributed by atoms with Gasteiger partial charge in [0.25, 0.3) is 5.91 Å². The molecule has 8 heteroatoms. The number of nitrogens with zero attached hydrogens (tertiary/aromatic N) is 1. The van der Waals surface area contributed by atoms with Gasteiger partial charge in [0, 0.05) is 17.1 Å². The summed E-state index contributed by atoms with van der Waals surface area (Å²) in [5.74, 6) is 0.833. The minimum atomic E-state index is -3.13. The topological polar surface area (TPSA) is 72.9 Å². The number of benzene rings is 2. The van der Waals surface area contributed by atoms with E-state index in [1.807, 2.05) is 30.3 Å². The Morgan fingerprint density at radius 2 is 1.93 bits per heavy atom. The van der Waals surface area contributed by atoms with Crippen LogP contribution < -0.4 is 9.47 Å². The second kappa shape index (κ2) is 9.17. The molecular formula is C21H24BrNO5S. The van der Waals surface area contributed by atoms with E-state index in [-0.39, 0.29) is 23.5 Å². The quantitative estimate of drug-likeness (QED) is 0.605. The lowest BCUT2D eigenvalue weighted by Gasteiger charge is -2.31. The van der Waals surface area contributed by atoms with Crippen molar-refractivity contribution in [3.63, 3.8) is 0 Å². The molecule has 0 bridgehead atoms. The maximum Gasteiger partial charge on any atom is 0.263 e. The van der Waals surface area contributed by atoms with Crippen LogP contribution in [0.4, 0.5) is 0 Å². The molecule has 2 aromatic carbocycles. The number of ether oxygens (including phenoxy) is 2. The van der Waals surface area contributed by atoms with Gasteiger partial charge < -0.3 is 14.4 Å². The van der Waals surface area contributed by atoms with Gasteiger partial charge in [-0.05, 0) is 43.2 Å². The summed E-state index contributed by atoms with van der Waals surface area (Å²) in [5, 5.41) is 0. The zero-order valence-corrected chi connectivity index (χ0v) is 18.8. The van der Waals surface area contributed by atoms with Gasteiger partial charge >= 0.3 is 0 Å². The van der Waals surface area contributed by atoms with Gasteiger partial charge in [0.2, 0.25) is 0 Å². The van der Waals surface area contributed by atoms with E-state index in [0.717, 1.165) is 10.0 Å². The van der Waals surface area contributed by atoms with Crippen LogP contribution in [0, 0.1) is 0 Å². The fourth-order valence-electron chi connectivity index (χ4n) is 3.43. The lowest BCUT2D eigenvalue weighted by molar-refractivity contribution is -0.140. The second-order valence-electron chi connectivity index (χ2n) is 7.06. The van der Waals surface area contributed by atoms with Crippen LogP contribution in [0.15, 0.2) is 53.0 Å². The molecule has 156 valence electrons. The van der Waals surface area contributed by atoms with Crippen LogP contribution in [0.2, 0.25) is 0 Å². The summed E-state index contributed by atoms with van der Waals surface area (Å²) in [6.07, 6.45) is -0.356. The first-order valence-electron chi connectivity index (χ1n) is 9.34. The van der Waals surface area contributed by atoms with Gasteiger partial charge in [-0.3, -0.25) is 4.79 Å². The molecule has 0 radical (unpaired) electrons. The number of sulfone groups is 1. The minimum Gasteiger partial charge on any atom is -0.493 e. The van der Waals surface area contributed by atoms with E-state index < -0.39 is 15.9 Å². The fourth-order valence-corrected chi connectivity index (χ4v) is 5.61. The van der Waals surface area contributed by atoms with Crippen LogP contribution >= 0.6 is 15.9 Å². The third-order valence-corrected chi connectivity index (χ3v) is 7.14. The average Bonchev–Trinajstić information content (AvgIpc) is 3.05. The van der Waals surface area contributed by atoms with Crippen molar-refractivity contribution in [1.29, 1.82) is 0 Å². The highest BCUT2D eigenvalue weighted by Gasteiger charge is 2.36. The molecule has 6 nitrogen and oxygen atoms in total. The predicted molar refractivity (Wildman–Crippen MR) is 115 cm³/mol. The standard InChI is InChI=1S/C21H24BrNO5S/c1-15(28-20-9-4-3-8-19(20)27-2)21(24)23(18-10-11-29(25,26)14-18)13-16-6-5-7-17(22)12-16/h3-9,12,15,18H,10-11,13-14H2,1-2H3. The molecule has 29 heavy (non-hydrogen) atoms. The Kier molecular flexibility index (Phi) is 6.85. The number of methoxy groups -OCH3 is 1. The molecule has 2 unspecified atom stereocenters. The summed E-state index contributed by atoms with van der Waals surface area (Å²) in [5.41, 5.74) is 0.918. The Hall–Kier alpha value is -2.06. The number of para-hydroxylation sites is 2. The summed E-state index contributed by atoms with van der Waals surface area (Å²) in [6.45, 7) is 1.99. The molecule has 1 heterocycles. The Balaban J connectivity index is 1.83.